The van der Waals surface area contributed by atoms with Gasteiger partial charge in [-0.2, -0.15) is 0 Å². The van der Waals surface area contributed by atoms with Crippen molar-refractivity contribution in [3.8, 4) is 11.3 Å². The summed E-state index contributed by atoms with van der Waals surface area (Å²) in [5, 5.41) is 1.30. The lowest BCUT2D eigenvalue weighted by atomic mass is 9.93. The standard InChI is InChI=1S/C15H13N3/c1-18-12-5-3-2-4-11(12)14-13(18)7-6-10-8-16-9-17-15(10)14/h2-5,8-9H,6-7H2,1H3. The SMILES string of the molecule is Cn1c2c(c3ccccc31)-c1ncncc1CC2. The van der Waals surface area contributed by atoms with Crippen molar-refractivity contribution in [2.24, 2.45) is 7.05 Å². The zero-order valence-electron chi connectivity index (χ0n) is 10.2. The Kier molecular flexibility index (Phi) is 1.87. The molecule has 3 aromatic rings. The Morgan fingerprint density at radius 3 is 3.00 bits per heavy atom. The zero-order chi connectivity index (χ0) is 12.1. The molecule has 3 heteroatoms. The number of aryl methyl sites for hydroxylation is 2. The number of hydrogen-bond donors (Lipinski definition) is 0. The maximum Gasteiger partial charge on any atom is 0.116 e. The van der Waals surface area contributed by atoms with Gasteiger partial charge in [0, 0.05) is 35.4 Å². The van der Waals surface area contributed by atoms with Gasteiger partial charge in [-0.15, -0.1) is 0 Å². The van der Waals surface area contributed by atoms with Gasteiger partial charge < -0.3 is 4.57 Å². The fourth-order valence-electron chi connectivity index (χ4n) is 3.02. The van der Waals surface area contributed by atoms with E-state index in [-0.39, 0.29) is 0 Å². The average Bonchev–Trinajstić information content (AvgIpc) is 2.73. The lowest BCUT2D eigenvalue weighted by molar-refractivity contribution is 0.802. The second kappa shape index (κ2) is 3.42. The van der Waals surface area contributed by atoms with Crippen LogP contribution >= 0.6 is 0 Å². The first-order chi connectivity index (χ1) is 8.86. The number of fused-ring (bicyclic) bond motifs is 5. The molecule has 0 unspecified atom stereocenters. The van der Waals surface area contributed by atoms with Gasteiger partial charge in [0.1, 0.15) is 6.33 Å². The van der Waals surface area contributed by atoms with E-state index in [9.17, 15) is 0 Å². The molecule has 0 saturated heterocycles. The van der Waals surface area contributed by atoms with E-state index in [0.717, 1.165) is 18.5 Å². The molecule has 0 atom stereocenters. The van der Waals surface area contributed by atoms with E-state index in [0.29, 0.717) is 0 Å². The summed E-state index contributed by atoms with van der Waals surface area (Å²) in [6.45, 7) is 0. The smallest absolute Gasteiger partial charge is 0.116 e. The Bertz CT molecular complexity index is 756. The first-order valence-corrected chi connectivity index (χ1v) is 6.22. The summed E-state index contributed by atoms with van der Waals surface area (Å²) in [5.41, 5.74) is 6.36. The van der Waals surface area contributed by atoms with Crippen LogP contribution in [0.4, 0.5) is 0 Å². The maximum absolute atomic E-state index is 4.50. The van der Waals surface area contributed by atoms with Crippen molar-refractivity contribution < 1.29 is 0 Å². The maximum atomic E-state index is 4.50. The summed E-state index contributed by atoms with van der Waals surface area (Å²) in [7, 11) is 2.15. The monoisotopic (exact) mass is 235 g/mol. The molecule has 0 spiro atoms. The Morgan fingerprint density at radius 2 is 2.06 bits per heavy atom. The first-order valence-electron chi connectivity index (χ1n) is 6.22. The molecule has 4 rings (SSSR count). The molecule has 1 aliphatic carbocycles. The minimum atomic E-state index is 1.04. The molecule has 2 heterocycles. The number of para-hydroxylation sites is 1. The minimum absolute atomic E-state index is 1.04. The summed E-state index contributed by atoms with van der Waals surface area (Å²) in [4.78, 5) is 8.64. The van der Waals surface area contributed by atoms with Crippen LogP contribution in [0, 0.1) is 0 Å². The second-order valence-corrected chi connectivity index (χ2v) is 4.79. The van der Waals surface area contributed by atoms with Gasteiger partial charge in [0.15, 0.2) is 0 Å². The van der Waals surface area contributed by atoms with Crippen molar-refractivity contribution in [1.82, 2.24) is 14.5 Å². The summed E-state index contributed by atoms with van der Waals surface area (Å²) in [6, 6.07) is 8.55. The fourth-order valence-corrected chi connectivity index (χ4v) is 3.02. The number of aromatic nitrogens is 3. The van der Waals surface area contributed by atoms with Gasteiger partial charge in [-0.3, -0.25) is 0 Å². The molecule has 88 valence electrons. The number of benzene rings is 1. The zero-order valence-corrected chi connectivity index (χ0v) is 10.2. The van der Waals surface area contributed by atoms with Crippen molar-refractivity contribution >= 4 is 10.9 Å². The highest BCUT2D eigenvalue weighted by Gasteiger charge is 2.23. The lowest BCUT2D eigenvalue weighted by Crippen LogP contribution is -2.08. The van der Waals surface area contributed by atoms with Crippen LogP contribution < -0.4 is 0 Å². The average molecular weight is 235 g/mol. The third-order valence-electron chi connectivity index (χ3n) is 3.88. The van der Waals surface area contributed by atoms with Crippen molar-refractivity contribution in [1.29, 1.82) is 0 Å². The molecule has 18 heavy (non-hydrogen) atoms. The molecular formula is C15H13N3. The Labute approximate surface area is 105 Å². The summed E-state index contributed by atoms with van der Waals surface area (Å²) >= 11 is 0. The van der Waals surface area contributed by atoms with E-state index in [1.807, 2.05) is 6.20 Å². The molecule has 1 aromatic carbocycles. The van der Waals surface area contributed by atoms with Crippen molar-refractivity contribution in [3.05, 3.63) is 48.0 Å². The van der Waals surface area contributed by atoms with Crippen LogP contribution in [-0.2, 0) is 19.9 Å². The number of nitrogens with zero attached hydrogens (tertiary/aromatic N) is 3. The lowest BCUT2D eigenvalue weighted by Gasteiger charge is -2.16. The van der Waals surface area contributed by atoms with E-state index in [2.05, 4.69) is 45.8 Å². The normalized spacial score (nSPS) is 13.4. The van der Waals surface area contributed by atoms with E-state index >= 15 is 0 Å². The van der Waals surface area contributed by atoms with Crippen LogP contribution in [0.5, 0.6) is 0 Å². The van der Waals surface area contributed by atoms with Crippen LogP contribution in [0.3, 0.4) is 0 Å². The molecule has 0 saturated carbocycles. The summed E-state index contributed by atoms with van der Waals surface area (Å²) in [5.74, 6) is 0. The number of hydrogen-bond acceptors (Lipinski definition) is 2. The largest absolute Gasteiger partial charge is 0.347 e. The highest BCUT2D eigenvalue weighted by molar-refractivity contribution is 5.98. The van der Waals surface area contributed by atoms with Gasteiger partial charge in [0.25, 0.3) is 0 Å². The van der Waals surface area contributed by atoms with Gasteiger partial charge in [0.05, 0.1) is 5.69 Å². The predicted molar refractivity (Wildman–Crippen MR) is 71.4 cm³/mol. The van der Waals surface area contributed by atoms with Crippen LogP contribution in [0.2, 0.25) is 0 Å². The Morgan fingerprint density at radius 1 is 1.17 bits per heavy atom. The molecule has 3 nitrogen and oxygen atoms in total. The molecule has 0 aliphatic heterocycles. The van der Waals surface area contributed by atoms with Crippen LogP contribution in [0.1, 0.15) is 11.3 Å². The van der Waals surface area contributed by atoms with Gasteiger partial charge in [0.2, 0.25) is 0 Å². The molecule has 0 N–H and O–H groups in total. The third kappa shape index (κ3) is 1.13. The minimum Gasteiger partial charge on any atom is -0.347 e. The van der Waals surface area contributed by atoms with Crippen LogP contribution in [0.15, 0.2) is 36.8 Å². The second-order valence-electron chi connectivity index (χ2n) is 4.79. The van der Waals surface area contributed by atoms with Gasteiger partial charge >= 0.3 is 0 Å². The van der Waals surface area contributed by atoms with Crippen molar-refractivity contribution in [2.75, 3.05) is 0 Å². The van der Waals surface area contributed by atoms with Gasteiger partial charge in [-0.25, -0.2) is 9.97 Å². The Balaban J connectivity index is 2.18. The van der Waals surface area contributed by atoms with Gasteiger partial charge in [-0.1, -0.05) is 18.2 Å². The summed E-state index contributed by atoms with van der Waals surface area (Å²) in [6.07, 6.45) is 5.71. The highest BCUT2D eigenvalue weighted by Crippen LogP contribution is 2.38. The first kappa shape index (κ1) is 9.83. The summed E-state index contributed by atoms with van der Waals surface area (Å²) < 4.78 is 2.30. The molecule has 2 aromatic heterocycles. The van der Waals surface area contributed by atoms with Gasteiger partial charge in [-0.05, 0) is 24.5 Å². The fraction of sp³-hybridized carbons (Fsp3) is 0.200. The van der Waals surface area contributed by atoms with Crippen LogP contribution in [-0.4, -0.2) is 14.5 Å². The van der Waals surface area contributed by atoms with E-state index in [1.165, 1.54) is 27.7 Å². The molecular weight excluding hydrogens is 222 g/mol. The van der Waals surface area contributed by atoms with E-state index in [1.54, 1.807) is 6.33 Å². The molecule has 0 bridgehead atoms. The molecule has 1 aliphatic rings. The molecule has 0 fully saturated rings. The van der Waals surface area contributed by atoms with Crippen molar-refractivity contribution in [3.63, 3.8) is 0 Å². The van der Waals surface area contributed by atoms with E-state index in [4.69, 9.17) is 0 Å². The van der Waals surface area contributed by atoms with E-state index < -0.39 is 0 Å². The quantitative estimate of drug-likeness (QED) is 0.600. The van der Waals surface area contributed by atoms with Crippen molar-refractivity contribution in [2.45, 2.75) is 12.8 Å². The molecule has 0 amide bonds. The highest BCUT2D eigenvalue weighted by atomic mass is 15.0. The Hall–Kier alpha value is -2.16. The number of rotatable bonds is 0. The predicted octanol–water partition coefficient (Wildman–Crippen LogP) is 2.73. The third-order valence-corrected chi connectivity index (χ3v) is 3.88. The van der Waals surface area contributed by atoms with Crippen LogP contribution in [0.25, 0.3) is 22.2 Å². The molecule has 0 radical (unpaired) electrons. The topological polar surface area (TPSA) is 30.7 Å².